The molecule has 0 rings (SSSR count). The minimum Gasteiger partial charge on any atom is -0.375 e. The molecule has 3 nitrogen and oxygen atoms in total. The van der Waals surface area contributed by atoms with Gasteiger partial charge in [0.15, 0.2) is 5.11 Å². The molecular formula is C11H19N3S. The number of nitrogens with one attached hydrogen (secondary N) is 1. The van der Waals surface area contributed by atoms with E-state index in [0.29, 0.717) is 0 Å². The van der Waals surface area contributed by atoms with E-state index in [1.807, 2.05) is 6.08 Å². The van der Waals surface area contributed by atoms with Crippen molar-refractivity contribution in [2.45, 2.75) is 33.6 Å². The first-order valence-corrected chi connectivity index (χ1v) is 5.31. The van der Waals surface area contributed by atoms with E-state index in [4.69, 9.17) is 5.73 Å². The zero-order valence-corrected chi connectivity index (χ0v) is 10.4. The molecule has 0 bridgehead atoms. The average molecular weight is 225 g/mol. The Morgan fingerprint density at radius 1 is 1.40 bits per heavy atom. The first-order valence-electron chi connectivity index (χ1n) is 4.90. The fourth-order valence-electron chi connectivity index (χ4n) is 0.937. The van der Waals surface area contributed by atoms with E-state index in [2.05, 4.69) is 49.6 Å². The van der Waals surface area contributed by atoms with Crippen molar-refractivity contribution in [2.24, 2.45) is 10.8 Å². The fraction of sp³-hybridized carbons (Fsp3) is 0.455. The first-order chi connectivity index (χ1) is 7.02. The van der Waals surface area contributed by atoms with Crippen LogP contribution in [0.2, 0.25) is 0 Å². The largest absolute Gasteiger partial charge is 0.375 e. The van der Waals surface area contributed by atoms with Crippen molar-refractivity contribution in [3.05, 3.63) is 23.3 Å². The summed E-state index contributed by atoms with van der Waals surface area (Å²) in [5.41, 5.74) is 10.3. The number of nitrogens with zero attached hydrogens (tertiary/aromatic N) is 1. The molecule has 0 aliphatic carbocycles. The summed E-state index contributed by atoms with van der Waals surface area (Å²) in [6.07, 6.45) is 7.95. The van der Waals surface area contributed by atoms with Gasteiger partial charge in [-0.2, -0.15) is 5.10 Å². The third kappa shape index (κ3) is 10.8. The molecule has 3 N–H and O–H groups in total. The molecule has 0 aliphatic heterocycles. The lowest BCUT2D eigenvalue weighted by molar-refractivity contribution is 0.968. The molecule has 0 unspecified atom stereocenters. The second-order valence-corrected chi connectivity index (χ2v) is 4.03. The molecule has 0 aromatic heterocycles. The highest BCUT2D eigenvalue weighted by Gasteiger charge is 1.87. The standard InChI is InChI=1S/C11H19N3S/c1-9(2)5-4-6-10(3)7-8-13-14-11(12)15/h5,7-8H,4,6H2,1-3H3,(H3,12,14,15)/b10-7-,13-8+. The van der Waals surface area contributed by atoms with Crippen molar-refractivity contribution in [1.82, 2.24) is 5.43 Å². The Hall–Kier alpha value is -1.16. The van der Waals surface area contributed by atoms with Crippen molar-refractivity contribution in [3.63, 3.8) is 0 Å². The number of rotatable bonds is 5. The van der Waals surface area contributed by atoms with Crippen LogP contribution in [0.4, 0.5) is 0 Å². The van der Waals surface area contributed by atoms with Crippen molar-refractivity contribution in [3.8, 4) is 0 Å². The summed E-state index contributed by atoms with van der Waals surface area (Å²) in [7, 11) is 0. The Morgan fingerprint density at radius 3 is 2.60 bits per heavy atom. The van der Waals surface area contributed by atoms with E-state index in [-0.39, 0.29) is 5.11 Å². The summed E-state index contributed by atoms with van der Waals surface area (Å²) >= 11 is 4.60. The van der Waals surface area contributed by atoms with Crippen LogP contribution < -0.4 is 11.2 Å². The van der Waals surface area contributed by atoms with Crippen LogP contribution in [-0.2, 0) is 0 Å². The maximum absolute atomic E-state index is 5.20. The van der Waals surface area contributed by atoms with Crippen LogP contribution in [0.5, 0.6) is 0 Å². The van der Waals surface area contributed by atoms with Crippen molar-refractivity contribution < 1.29 is 0 Å². The summed E-state index contributed by atoms with van der Waals surface area (Å²) in [5, 5.41) is 4.00. The zero-order valence-electron chi connectivity index (χ0n) is 9.58. The number of allylic oxidation sites excluding steroid dienone is 4. The number of thiocarbonyl (C=S) groups is 1. The number of hydrazone groups is 1. The Bertz CT molecular complexity index is 286. The molecule has 4 heteroatoms. The second kappa shape index (κ2) is 8.17. The van der Waals surface area contributed by atoms with Gasteiger partial charge in [0.05, 0.1) is 0 Å². The van der Waals surface area contributed by atoms with E-state index >= 15 is 0 Å². The van der Waals surface area contributed by atoms with Crippen LogP contribution >= 0.6 is 12.2 Å². The van der Waals surface area contributed by atoms with Gasteiger partial charge >= 0.3 is 0 Å². The summed E-state index contributed by atoms with van der Waals surface area (Å²) in [6, 6.07) is 0. The molecule has 0 aromatic rings. The van der Waals surface area contributed by atoms with Crippen LogP contribution in [-0.4, -0.2) is 11.3 Å². The lowest BCUT2D eigenvalue weighted by Crippen LogP contribution is -2.23. The molecule has 84 valence electrons. The molecule has 0 saturated heterocycles. The molecule has 0 amide bonds. The van der Waals surface area contributed by atoms with Crippen LogP contribution in [0.1, 0.15) is 33.6 Å². The molecular weight excluding hydrogens is 206 g/mol. The third-order valence-corrected chi connectivity index (χ3v) is 1.79. The fourth-order valence-corrected chi connectivity index (χ4v) is 0.990. The van der Waals surface area contributed by atoms with E-state index < -0.39 is 0 Å². The Morgan fingerprint density at radius 2 is 2.07 bits per heavy atom. The molecule has 0 radical (unpaired) electrons. The normalized spacial score (nSPS) is 11.5. The van der Waals surface area contributed by atoms with Gasteiger partial charge in [0.1, 0.15) is 0 Å². The van der Waals surface area contributed by atoms with Gasteiger partial charge in [0, 0.05) is 6.21 Å². The maximum atomic E-state index is 5.20. The molecule has 0 aromatic carbocycles. The Balaban J connectivity index is 3.84. The molecule has 15 heavy (non-hydrogen) atoms. The van der Waals surface area contributed by atoms with Crippen molar-refractivity contribution in [1.29, 1.82) is 0 Å². The molecule has 0 spiro atoms. The van der Waals surface area contributed by atoms with Gasteiger partial charge < -0.3 is 5.73 Å². The SMILES string of the molecule is CC(C)=CCC/C(C)=C\C=N\NC(N)=S. The van der Waals surface area contributed by atoms with Crippen molar-refractivity contribution in [2.75, 3.05) is 0 Å². The van der Waals surface area contributed by atoms with Gasteiger partial charge in [-0.3, -0.25) is 5.43 Å². The van der Waals surface area contributed by atoms with Crippen molar-refractivity contribution >= 4 is 23.5 Å². The molecule has 0 heterocycles. The van der Waals surface area contributed by atoms with Gasteiger partial charge in [-0.05, 0) is 51.9 Å². The average Bonchev–Trinajstić information content (AvgIpc) is 2.11. The first kappa shape index (κ1) is 13.8. The smallest absolute Gasteiger partial charge is 0.184 e. The second-order valence-electron chi connectivity index (χ2n) is 3.59. The summed E-state index contributed by atoms with van der Waals surface area (Å²) in [6.45, 7) is 6.28. The number of hydrogen-bond donors (Lipinski definition) is 2. The van der Waals surface area contributed by atoms with Crippen LogP contribution in [0, 0.1) is 0 Å². The topological polar surface area (TPSA) is 50.4 Å². The quantitative estimate of drug-likeness (QED) is 0.327. The van der Waals surface area contributed by atoms with Gasteiger partial charge in [-0.25, -0.2) is 0 Å². The minimum absolute atomic E-state index is 0.182. The maximum Gasteiger partial charge on any atom is 0.184 e. The summed E-state index contributed by atoms with van der Waals surface area (Å²) in [4.78, 5) is 0. The van der Waals surface area contributed by atoms with Crippen LogP contribution in [0.15, 0.2) is 28.4 Å². The number of nitrogens with two attached hydrogens (primary N) is 1. The van der Waals surface area contributed by atoms with Crippen LogP contribution in [0.3, 0.4) is 0 Å². The summed E-state index contributed by atoms with van der Waals surface area (Å²) < 4.78 is 0. The number of hydrogen-bond acceptors (Lipinski definition) is 2. The van der Waals surface area contributed by atoms with E-state index in [0.717, 1.165) is 12.8 Å². The lowest BCUT2D eigenvalue weighted by atomic mass is 10.1. The van der Waals surface area contributed by atoms with Gasteiger partial charge in [-0.1, -0.05) is 17.2 Å². The third-order valence-electron chi connectivity index (χ3n) is 1.70. The summed E-state index contributed by atoms with van der Waals surface area (Å²) in [5.74, 6) is 0. The predicted octanol–water partition coefficient (Wildman–Crippen LogP) is 2.50. The van der Waals surface area contributed by atoms with E-state index in [1.54, 1.807) is 6.21 Å². The Kier molecular flexibility index (Phi) is 7.54. The minimum atomic E-state index is 0.182. The van der Waals surface area contributed by atoms with Gasteiger partial charge in [0.25, 0.3) is 0 Å². The highest BCUT2D eigenvalue weighted by Crippen LogP contribution is 2.05. The van der Waals surface area contributed by atoms with Crippen LogP contribution in [0.25, 0.3) is 0 Å². The lowest BCUT2D eigenvalue weighted by Gasteiger charge is -1.96. The molecule has 0 fully saturated rings. The monoisotopic (exact) mass is 225 g/mol. The Labute approximate surface area is 97.1 Å². The van der Waals surface area contributed by atoms with E-state index in [1.165, 1.54) is 11.1 Å². The highest BCUT2D eigenvalue weighted by atomic mass is 32.1. The van der Waals surface area contributed by atoms with Gasteiger partial charge in [0.2, 0.25) is 0 Å². The van der Waals surface area contributed by atoms with Gasteiger partial charge in [-0.15, -0.1) is 0 Å². The van der Waals surface area contributed by atoms with E-state index in [9.17, 15) is 0 Å². The molecule has 0 atom stereocenters. The predicted molar refractivity (Wildman–Crippen MR) is 70.8 cm³/mol. The zero-order chi connectivity index (χ0) is 11.7. The molecule has 0 saturated carbocycles. The molecule has 0 aliphatic rings. The highest BCUT2D eigenvalue weighted by molar-refractivity contribution is 7.80.